The van der Waals surface area contributed by atoms with Gasteiger partial charge in [-0.15, -0.1) is 0 Å². The van der Waals surface area contributed by atoms with Crippen molar-refractivity contribution in [2.45, 2.75) is 6.42 Å². The lowest BCUT2D eigenvalue weighted by Gasteiger charge is -2.10. The molecule has 2 rings (SSSR count). The molecule has 3 N–H and O–H groups in total. The number of nitrogen functional groups attached to an aromatic ring is 1. The van der Waals surface area contributed by atoms with E-state index in [9.17, 15) is 4.79 Å². The summed E-state index contributed by atoms with van der Waals surface area (Å²) in [6.45, 7) is 0. The van der Waals surface area contributed by atoms with Crippen LogP contribution in [0.4, 0.5) is 11.4 Å². The molecule has 0 spiro atoms. The Labute approximate surface area is 122 Å². The van der Waals surface area contributed by atoms with Gasteiger partial charge in [0.15, 0.2) is 0 Å². The summed E-state index contributed by atoms with van der Waals surface area (Å²) in [6, 6.07) is 12.3. The second-order valence-corrected chi connectivity index (χ2v) is 4.74. The molecule has 0 aliphatic carbocycles. The zero-order valence-electron chi connectivity index (χ0n) is 11.0. The van der Waals surface area contributed by atoms with E-state index in [1.807, 2.05) is 12.1 Å². The average Bonchev–Trinajstić information content (AvgIpc) is 2.41. The predicted molar refractivity (Wildman–Crippen MR) is 81.2 cm³/mol. The van der Waals surface area contributed by atoms with Gasteiger partial charge in [0.1, 0.15) is 5.75 Å². The first-order valence-corrected chi connectivity index (χ1v) is 6.44. The van der Waals surface area contributed by atoms with Gasteiger partial charge in [-0.05, 0) is 29.8 Å². The molecule has 104 valence electrons. The maximum absolute atomic E-state index is 12.0. The number of methoxy groups -OCH3 is 1. The molecule has 0 aliphatic heterocycles. The van der Waals surface area contributed by atoms with Crippen molar-refractivity contribution in [3.05, 3.63) is 53.1 Å². The first-order chi connectivity index (χ1) is 9.58. The summed E-state index contributed by atoms with van der Waals surface area (Å²) in [6.07, 6.45) is 0.233. The van der Waals surface area contributed by atoms with Crippen LogP contribution < -0.4 is 15.8 Å². The molecule has 0 fully saturated rings. The fourth-order valence-electron chi connectivity index (χ4n) is 1.80. The standard InChI is InChI=1S/C15H15ClN2O2/c1-20-12-5-6-13(17)14(9-12)18-15(19)8-10-3-2-4-11(16)7-10/h2-7,9H,8,17H2,1H3,(H,18,19). The summed E-state index contributed by atoms with van der Waals surface area (Å²) in [5.74, 6) is 0.476. The third kappa shape index (κ3) is 3.65. The molecule has 1 amide bonds. The summed E-state index contributed by atoms with van der Waals surface area (Å²) in [5.41, 5.74) is 7.69. The highest BCUT2D eigenvalue weighted by atomic mass is 35.5. The number of nitrogens with two attached hydrogens (primary N) is 1. The van der Waals surface area contributed by atoms with Gasteiger partial charge in [-0.3, -0.25) is 4.79 Å². The Morgan fingerprint density at radius 1 is 1.30 bits per heavy atom. The largest absolute Gasteiger partial charge is 0.497 e. The fourth-order valence-corrected chi connectivity index (χ4v) is 2.01. The van der Waals surface area contributed by atoms with E-state index in [2.05, 4.69) is 5.32 Å². The topological polar surface area (TPSA) is 64.3 Å². The maximum Gasteiger partial charge on any atom is 0.228 e. The van der Waals surface area contributed by atoms with E-state index >= 15 is 0 Å². The van der Waals surface area contributed by atoms with Gasteiger partial charge in [-0.2, -0.15) is 0 Å². The molecule has 0 saturated carbocycles. The molecular formula is C15H15ClN2O2. The van der Waals surface area contributed by atoms with Crippen LogP contribution in [0.3, 0.4) is 0 Å². The second kappa shape index (κ2) is 6.30. The van der Waals surface area contributed by atoms with Crippen LogP contribution in [-0.2, 0) is 11.2 Å². The van der Waals surface area contributed by atoms with E-state index in [0.29, 0.717) is 22.1 Å². The number of benzene rings is 2. The number of rotatable bonds is 4. The first-order valence-electron chi connectivity index (χ1n) is 6.06. The Bertz CT molecular complexity index is 629. The SMILES string of the molecule is COc1ccc(N)c(NC(=O)Cc2cccc(Cl)c2)c1. The van der Waals surface area contributed by atoms with Gasteiger partial charge in [0, 0.05) is 11.1 Å². The van der Waals surface area contributed by atoms with Crippen molar-refractivity contribution >= 4 is 28.9 Å². The second-order valence-electron chi connectivity index (χ2n) is 4.31. The molecule has 0 aromatic heterocycles. The monoisotopic (exact) mass is 290 g/mol. The van der Waals surface area contributed by atoms with Crippen LogP contribution >= 0.6 is 11.6 Å². The number of carbonyl (C=O) groups is 1. The molecule has 0 heterocycles. The van der Waals surface area contributed by atoms with Crippen molar-refractivity contribution < 1.29 is 9.53 Å². The molecule has 0 atom stereocenters. The van der Waals surface area contributed by atoms with E-state index in [0.717, 1.165) is 5.56 Å². The number of amides is 1. The number of anilines is 2. The number of nitrogens with one attached hydrogen (secondary N) is 1. The van der Waals surface area contributed by atoms with E-state index in [4.69, 9.17) is 22.1 Å². The highest BCUT2D eigenvalue weighted by Crippen LogP contribution is 2.24. The maximum atomic E-state index is 12.0. The molecule has 0 unspecified atom stereocenters. The smallest absolute Gasteiger partial charge is 0.228 e. The number of hydrogen-bond donors (Lipinski definition) is 2. The van der Waals surface area contributed by atoms with E-state index in [1.54, 1.807) is 37.4 Å². The summed E-state index contributed by atoms with van der Waals surface area (Å²) < 4.78 is 5.10. The van der Waals surface area contributed by atoms with Crippen molar-refractivity contribution in [3.63, 3.8) is 0 Å². The first kappa shape index (κ1) is 14.2. The number of halogens is 1. The lowest BCUT2D eigenvalue weighted by molar-refractivity contribution is -0.115. The third-order valence-electron chi connectivity index (χ3n) is 2.79. The molecule has 2 aromatic rings. The van der Waals surface area contributed by atoms with E-state index in [-0.39, 0.29) is 12.3 Å². The predicted octanol–water partition coefficient (Wildman–Crippen LogP) is 3.11. The number of carbonyl (C=O) groups excluding carboxylic acids is 1. The van der Waals surface area contributed by atoms with Crippen molar-refractivity contribution in [3.8, 4) is 5.75 Å². The number of ether oxygens (including phenoxy) is 1. The fraction of sp³-hybridized carbons (Fsp3) is 0.133. The van der Waals surface area contributed by atoms with Gasteiger partial charge in [0.25, 0.3) is 0 Å². The Balaban J connectivity index is 2.08. The van der Waals surface area contributed by atoms with Gasteiger partial charge in [-0.1, -0.05) is 23.7 Å². The van der Waals surface area contributed by atoms with Gasteiger partial charge >= 0.3 is 0 Å². The summed E-state index contributed by atoms with van der Waals surface area (Å²) >= 11 is 5.89. The Morgan fingerprint density at radius 2 is 2.10 bits per heavy atom. The molecule has 0 aliphatic rings. The zero-order chi connectivity index (χ0) is 14.5. The van der Waals surface area contributed by atoms with Crippen LogP contribution in [0.2, 0.25) is 5.02 Å². The molecule has 0 radical (unpaired) electrons. The Morgan fingerprint density at radius 3 is 2.80 bits per heavy atom. The van der Waals surface area contributed by atoms with Crippen LogP contribution in [0.15, 0.2) is 42.5 Å². The molecular weight excluding hydrogens is 276 g/mol. The molecule has 2 aromatic carbocycles. The molecule has 4 nitrogen and oxygen atoms in total. The van der Waals surface area contributed by atoms with Crippen LogP contribution in [0, 0.1) is 0 Å². The lowest BCUT2D eigenvalue weighted by atomic mass is 10.1. The Hall–Kier alpha value is -2.20. The highest BCUT2D eigenvalue weighted by molar-refractivity contribution is 6.30. The minimum Gasteiger partial charge on any atom is -0.497 e. The summed E-state index contributed by atoms with van der Waals surface area (Å²) in [7, 11) is 1.56. The van der Waals surface area contributed by atoms with E-state index < -0.39 is 0 Å². The van der Waals surface area contributed by atoms with Gasteiger partial charge in [0.05, 0.1) is 24.9 Å². The minimum absolute atomic E-state index is 0.160. The average molecular weight is 291 g/mol. The molecule has 20 heavy (non-hydrogen) atoms. The Kier molecular flexibility index (Phi) is 4.48. The molecule has 0 bridgehead atoms. The van der Waals surface area contributed by atoms with Crippen molar-refractivity contribution in [1.29, 1.82) is 0 Å². The third-order valence-corrected chi connectivity index (χ3v) is 3.02. The quantitative estimate of drug-likeness (QED) is 0.850. The van der Waals surface area contributed by atoms with Gasteiger partial charge in [-0.25, -0.2) is 0 Å². The zero-order valence-corrected chi connectivity index (χ0v) is 11.8. The van der Waals surface area contributed by atoms with Crippen LogP contribution in [0.5, 0.6) is 5.75 Å². The van der Waals surface area contributed by atoms with Gasteiger partial charge in [0.2, 0.25) is 5.91 Å². The normalized spacial score (nSPS) is 10.1. The molecule has 0 saturated heterocycles. The van der Waals surface area contributed by atoms with Gasteiger partial charge < -0.3 is 15.8 Å². The van der Waals surface area contributed by atoms with Crippen molar-refractivity contribution in [2.24, 2.45) is 0 Å². The van der Waals surface area contributed by atoms with Crippen LogP contribution in [-0.4, -0.2) is 13.0 Å². The lowest BCUT2D eigenvalue weighted by Crippen LogP contribution is -2.15. The summed E-state index contributed by atoms with van der Waals surface area (Å²) in [4.78, 5) is 12.0. The van der Waals surface area contributed by atoms with Crippen LogP contribution in [0.1, 0.15) is 5.56 Å². The minimum atomic E-state index is -0.160. The van der Waals surface area contributed by atoms with Crippen molar-refractivity contribution in [1.82, 2.24) is 0 Å². The highest BCUT2D eigenvalue weighted by Gasteiger charge is 2.08. The van der Waals surface area contributed by atoms with Crippen LogP contribution in [0.25, 0.3) is 0 Å². The summed E-state index contributed by atoms with van der Waals surface area (Å²) in [5, 5.41) is 3.37. The van der Waals surface area contributed by atoms with E-state index in [1.165, 1.54) is 0 Å². The molecule has 5 heteroatoms. The van der Waals surface area contributed by atoms with Crippen molar-refractivity contribution in [2.75, 3.05) is 18.2 Å². The number of hydrogen-bond acceptors (Lipinski definition) is 3.